The fourth-order valence-electron chi connectivity index (χ4n) is 1.87. The molecule has 0 aliphatic carbocycles. The van der Waals surface area contributed by atoms with Gasteiger partial charge in [-0.2, -0.15) is 5.26 Å². The number of benzene rings is 2. The van der Waals surface area contributed by atoms with Crippen LogP contribution in [-0.4, -0.2) is 5.91 Å². The number of hydrogen-bond acceptors (Lipinski definition) is 3. The molecule has 4 nitrogen and oxygen atoms in total. The molecule has 2 aromatic rings. The molecule has 4 heteroatoms. The highest BCUT2D eigenvalue weighted by atomic mass is 16.1. The molecule has 0 saturated heterocycles. The molecule has 0 aliphatic heterocycles. The summed E-state index contributed by atoms with van der Waals surface area (Å²) >= 11 is 0. The number of nitrogens with one attached hydrogen (secondary N) is 1. The minimum absolute atomic E-state index is 0.302. The maximum absolute atomic E-state index is 11.0. The average molecular weight is 277 g/mol. The van der Waals surface area contributed by atoms with Crippen molar-refractivity contribution in [2.75, 3.05) is 5.32 Å². The lowest BCUT2D eigenvalue weighted by molar-refractivity contribution is -0.112. The zero-order valence-electron chi connectivity index (χ0n) is 11.5. The van der Waals surface area contributed by atoms with Gasteiger partial charge < -0.3 is 11.1 Å². The van der Waals surface area contributed by atoms with E-state index in [0.29, 0.717) is 17.7 Å². The van der Waals surface area contributed by atoms with E-state index in [0.717, 1.165) is 16.8 Å². The van der Waals surface area contributed by atoms with Crippen LogP contribution in [-0.2, 0) is 11.3 Å². The highest BCUT2D eigenvalue weighted by molar-refractivity contribution is 6.17. The van der Waals surface area contributed by atoms with Crippen molar-refractivity contribution in [1.29, 1.82) is 5.26 Å². The van der Waals surface area contributed by atoms with Crippen molar-refractivity contribution in [3.05, 3.63) is 71.8 Å². The van der Waals surface area contributed by atoms with Crippen molar-refractivity contribution >= 4 is 17.2 Å². The summed E-state index contributed by atoms with van der Waals surface area (Å²) in [7, 11) is 0. The number of primary amides is 1. The van der Waals surface area contributed by atoms with E-state index in [4.69, 9.17) is 11.0 Å². The van der Waals surface area contributed by atoms with Crippen LogP contribution in [0.25, 0.3) is 5.57 Å². The van der Waals surface area contributed by atoms with Crippen molar-refractivity contribution in [2.45, 2.75) is 6.54 Å². The number of amides is 1. The molecule has 0 radical (unpaired) electrons. The number of nitrogens with two attached hydrogens (primary N) is 1. The average Bonchev–Trinajstić information content (AvgIpc) is 2.53. The fourth-order valence-corrected chi connectivity index (χ4v) is 1.87. The van der Waals surface area contributed by atoms with Gasteiger partial charge in [0.1, 0.15) is 0 Å². The van der Waals surface area contributed by atoms with Crippen molar-refractivity contribution in [2.24, 2.45) is 5.73 Å². The lowest BCUT2D eigenvalue weighted by atomic mass is 10.1. The maximum Gasteiger partial charge on any atom is 0.248 e. The molecule has 0 atom stereocenters. The summed E-state index contributed by atoms with van der Waals surface area (Å²) in [4.78, 5) is 11.0. The monoisotopic (exact) mass is 277 g/mol. The van der Waals surface area contributed by atoms with E-state index in [-0.39, 0.29) is 0 Å². The quantitative estimate of drug-likeness (QED) is 0.825. The number of rotatable bonds is 5. The number of carbonyl (C=O) groups is 1. The third-order valence-corrected chi connectivity index (χ3v) is 3.09. The van der Waals surface area contributed by atoms with Gasteiger partial charge in [0.05, 0.1) is 11.6 Å². The van der Waals surface area contributed by atoms with E-state index in [1.54, 1.807) is 12.1 Å². The number of carbonyl (C=O) groups excluding carboxylic acids is 1. The predicted molar refractivity (Wildman–Crippen MR) is 83.2 cm³/mol. The summed E-state index contributed by atoms with van der Waals surface area (Å²) in [6, 6.07) is 16.8. The Kier molecular flexibility index (Phi) is 4.37. The van der Waals surface area contributed by atoms with E-state index in [2.05, 4.69) is 18.0 Å². The summed E-state index contributed by atoms with van der Waals surface area (Å²) < 4.78 is 0. The molecule has 104 valence electrons. The molecule has 2 aromatic carbocycles. The molecule has 1 amide bonds. The normalized spacial score (nSPS) is 9.67. The second-order valence-electron chi connectivity index (χ2n) is 4.59. The number of nitriles is 1. The highest BCUT2D eigenvalue weighted by Crippen LogP contribution is 2.15. The molecule has 21 heavy (non-hydrogen) atoms. The summed E-state index contributed by atoms with van der Waals surface area (Å²) in [5.41, 5.74) is 8.77. The first-order valence-corrected chi connectivity index (χ1v) is 6.42. The Bertz CT molecular complexity index is 712. The van der Waals surface area contributed by atoms with Crippen LogP contribution in [0, 0.1) is 11.3 Å². The fraction of sp³-hybridized carbons (Fsp3) is 0.0588. The van der Waals surface area contributed by atoms with Gasteiger partial charge in [0.25, 0.3) is 0 Å². The van der Waals surface area contributed by atoms with Gasteiger partial charge in [-0.05, 0) is 29.3 Å². The van der Waals surface area contributed by atoms with Crippen LogP contribution in [0.4, 0.5) is 5.69 Å². The lowest BCUT2D eigenvalue weighted by Crippen LogP contribution is -2.11. The molecule has 0 aliphatic rings. The van der Waals surface area contributed by atoms with E-state index in [1.165, 1.54) is 0 Å². The van der Waals surface area contributed by atoms with Gasteiger partial charge >= 0.3 is 0 Å². The van der Waals surface area contributed by atoms with E-state index < -0.39 is 5.91 Å². The van der Waals surface area contributed by atoms with Gasteiger partial charge in [-0.1, -0.05) is 36.9 Å². The van der Waals surface area contributed by atoms with Gasteiger partial charge in [0, 0.05) is 17.8 Å². The number of nitrogens with zero attached hydrogens (tertiary/aromatic N) is 1. The predicted octanol–water partition coefficient (Wildman–Crippen LogP) is 2.67. The molecule has 0 saturated carbocycles. The summed E-state index contributed by atoms with van der Waals surface area (Å²) in [6.07, 6.45) is 0. The number of anilines is 1. The van der Waals surface area contributed by atoms with E-state index in [1.807, 2.05) is 36.4 Å². The summed E-state index contributed by atoms with van der Waals surface area (Å²) in [6.45, 7) is 4.27. The van der Waals surface area contributed by atoms with Crippen molar-refractivity contribution in [1.82, 2.24) is 0 Å². The maximum atomic E-state index is 11.0. The van der Waals surface area contributed by atoms with Crippen molar-refractivity contribution < 1.29 is 4.79 Å². The zero-order chi connectivity index (χ0) is 15.2. The van der Waals surface area contributed by atoms with Crippen LogP contribution in [0.3, 0.4) is 0 Å². The highest BCUT2D eigenvalue weighted by Gasteiger charge is 2.04. The van der Waals surface area contributed by atoms with Crippen LogP contribution in [0.15, 0.2) is 55.1 Å². The Hall–Kier alpha value is -3.06. The molecular weight excluding hydrogens is 262 g/mol. The molecule has 0 bridgehead atoms. The van der Waals surface area contributed by atoms with Crippen molar-refractivity contribution in [3.8, 4) is 6.07 Å². The van der Waals surface area contributed by atoms with E-state index >= 15 is 0 Å². The standard InChI is InChI=1S/C17H15N3O/c1-12(17(19)21)15-7-5-13(6-8-15)11-20-16-4-2-3-14(9-16)10-18/h2-9,20H,1,11H2,(H2,19,21). The molecule has 3 N–H and O–H groups in total. The van der Waals surface area contributed by atoms with Crippen LogP contribution in [0.5, 0.6) is 0 Å². The lowest BCUT2D eigenvalue weighted by Gasteiger charge is -2.08. The second-order valence-corrected chi connectivity index (χ2v) is 4.59. The van der Waals surface area contributed by atoms with Crippen LogP contribution in [0.2, 0.25) is 0 Å². The topological polar surface area (TPSA) is 78.9 Å². The largest absolute Gasteiger partial charge is 0.381 e. The summed E-state index contributed by atoms with van der Waals surface area (Å²) in [5, 5.41) is 12.1. The Morgan fingerprint density at radius 2 is 1.95 bits per heavy atom. The van der Waals surface area contributed by atoms with Crippen LogP contribution < -0.4 is 11.1 Å². The Morgan fingerprint density at radius 1 is 1.24 bits per heavy atom. The van der Waals surface area contributed by atoms with Crippen LogP contribution in [0.1, 0.15) is 16.7 Å². The molecule has 0 aromatic heterocycles. The van der Waals surface area contributed by atoms with Crippen LogP contribution >= 0.6 is 0 Å². The van der Waals surface area contributed by atoms with Gasteiger partial charge in [-0.15, -0.1) is 0 Å². The first kappa shape index (κ1) is 14.4. The minimum Gasteiger partial charge on any atom is -0.381 e. The van der Waals surface area contributed by atoms with Gasteiger partial charge in [0.2, 0.25) is 5.91 Å². The SMILES string of the molecule is C=C(C(N)=O)c1ccc(CNc2cccc(C#N)c2)cc1. The third-order valence-electron chi connectivity index (χ3n) is 3.09. The third kappa shape index (κ3) is 3.71. The molecule has 0 unspecified atom stereocenters. The van der Waals surface area contributed by atoms with Gasteiger partial charge in [0.15, 0.2) is 0 Å². The summed E-state index contributed by atoms with van der Waals surface area (Å²) in [5.74, 6) is -0.519. The van der Waals surface area contributed by atoms with Crippen molar-refractivity contribution in [3.63, 3.8) is 0 Å². The van der Waals surface area contributed by atoms with Gasteiger partial charge in [-0.3, -0.25) is 4.79 Å². The van der Waals surface area contributed by atoms with E-state index in [9.17, 15) is 4.79 Å². The Balaban J connectivity index is 2.02. The second kappa shape index (κ2) is 6.40. The first-order chi connectivity index (χ1) is 10.1. The molecular formula is C17H15N3O. The smallest absolute Gasteiger partial charge is 0.248 e. The Morgan fingerprint density at radius 3 is 2.57 bits per heavy atom. The first-order valence-electron chi connectivity index (χ1n) is 6.42. The molecule has 0 heterocycles. The molecule has 0 fully saturated rings. The molecule has 2 rings (SSSR count). The number of hydrogen-bond donors (Lipinski definition) is 2. The zero-order valence-corrected chi connectivity index (χ0v) is 11.5. The van der Waals surface area contributed by atoms with Gasteiger partial charge in [-0.25, -0.2) is 0 Å². The Labute approximate surface area is 123 Å². The minimum atomic E-state index is -0.519. The molecule has 0 spiro atoms.